The number of nitrogens with zero attached hydrogens (tertiary/aromatic N) is 2. The van der Waals surface area contributed by atoms with Gasteiger partial charge in [-0.3, -0.25) is 9.59 Å². The molecule has 1 aliphatic heterocycles. The number of carbonyl (C=O) groups is 2. The first-order chi connectivity index (χ1) is 16.1. The normalized spacial score (nSPS) is 13.7. The van der Waals surface area contributed by atoms with Crippen molar-refractivity contribution in [2.45, 2.75) is 32.7 Å². The average molecular weight is 446 g/mol. The van der Waals surface area contributed by atoms with Gasteiger partial charge in [-0.1, -0.05) is 42.0 Å². The monoisotopic (exact) mass is 445 g/mol. The fourth-order valence-electron chi connectivity index (χ4n) is 4.09. The molecule has 4 rings (SSSR count). The van der Waals surface area contributed by atoms with E-state index in [0.29, 0.717) is 25.3 Å². The Morgan fingerprint density at radius 3 is 2.33 bits per heavy atom. The van der Waals surface area contributed by atoms with Gasteiger partial charge >= 0.3 is 0 Å². The number of hydrogen-bond donors (Lipinski definition) is 1. The van der Waals surface area contributed by atoms with Crippen LogP contribution in [-0.4, -0.2) is 42.9 Å². The van der Waals surface area contributed by atoms with Crippen LogP contribution in [0.1, 0.15) is 40.1 Å². The molecule has 1 aromatic heterocycles. The molecule has 0 spiro atoms. The number of nitrogens with one attached hydrogen (secondary N) is 1. The molecule has 1 saturated heterocycles. The highest BCUT2D eigenvalue weighted by Gasteiger charge is 2.21. The van der Waals surface area contributed by atoms with Crippen LogP contribution in [0, 0.1) is 6.92 Å². The highest BCUT2D eigenvalue weighted by atomic mass is 16.3. The van der Waals surface area contributed by atoms with Gasteiger partial charge in [0.05, 0.1) is 19.2 Å². The van der Waals surface area contributed by atoms with Gasteiger partial charge in [0.1, 0.15) is 0 Å². The van der Waals surface area contributed by atoms with Crippen LogP contribution < -0.4 is 10.2 Å². The van der Waals surface area contributed by atoms with Crippen molar-refractivity contribution in [2.75, 3.05) is 31.1 Å². The first-order valence-electron chi connectivity index (χ1n) is 11.6. The van der Waals surface area contributed by atoms with Crippen LogP contribution in [0.25, 0.3) is 0 Å². The van der Waals surface area contributed by atoms with Gasteiger partial charge in [-0.15, -0.1) is 0 Å². The Labute approximate surface area is 195 Å². The lowest BCUT2D eigenvalue weighted by molar-refractivity contribution is -0.120. The Bertz CT molecular complexity index is 1040. The molecule has 2 amide bonds. The highest BCUT2D eigenvalue weighted by molar-refractivity contribution is 6.04. The van der Waals surface area contributed by atoms with Gasteiger partial charge in [0.25, 0.3) is 5.91 Å². The minimum absolute atomic E-state index is 0.0186. The fraction of sp³-hybridized carbons (Fsp3) is 0.333. The van der Waals surface area contributed by atoms with Crippen LogP contribution in [0.3, 0.4) is 0 Å². The first kappa shape index (κ1) is 22.8. The zero-order valence-corrected chi connectivity index (χ0v) is 19.1. The molecular weight excluding hydrogens is 414 g/mol. The van der Waals surface area contributed by atoms with Crippen molar-refractivity contribution in [3.63, 3.8) is 0 Å². The summed E-state index contributed by atoms with van der Waals surface area (Å²) in [6.07, 6.45) is 4.33. The quantitative estimate of drug-likeness (QED) is 0.536. The summed E-state index contributed by atoms with van der Waals surface area (Å²) in [5.41, 5.74) is 3.88. The first-order valence-corrected chi connectivity index (χ1v) is 11.6. The van der Waals surface area contributed by atoms with Gasteiger partial charge in [-0.05, 0) is 68.2 Å². The van der Waals surface area contributed by atoms with Crippen molar-refractivity contribution < 1.29 is 14.0 Å². The van der Waals surface area contributed by atoms with E-state index in [1.54, 1.807) is 17.0 Å². The predicted molar refractivity (Wildman–Crippen MR) is 129 cm³/mol. The van der Waals surface area contributed by atoms with Crippen molar-refractivity contribution in [2.24, 2.45) is 0 Å². The molecule has 0 unspecified atom stereocenters. The summed E-state index contributed by atoms with van der Waals surface area (Å²) in [5.74, 6) is 0.113. The van der Waals surface area contributed by atoms with Gasteiger partial charge in [0.15, 0.2) is 5.76 Å². The molecule has 6 nitrogen and oxygen atoms in total. The van der Waals surface area contributed by atoms with Crippen molar-refractivity contribution in [1.29, 1.82) is 0 Å². The smallest absolute Gasteiger partial charge is 0.294 e. The third-order valence-corrected chi connectivity index (χ3v) is 6.00. The Hall–Kier alpha value is -3.38. The molecule has 2 aromatic carbocycles. The average Bonchev–Trinajstić information content (AvgIpc) is 3.54. The van der Waals surface area contributed by atoms with E-state index in [4.69, 9.17) is 4.42 Å². The summed E-state index contributed by atoms with van der Waals surface area (Å²) in [5, 5.41) is 3.01. The molecule has 1 N–H and O–H groups in total. The van der Waals surface area contributed by atoms with Gasteiger partial charge in [0, 0.05) is 18.8 Å². The van der Waals surface area contributed by atoms with Crippen LogP contribution >= 0.6 is 0 Å². The van der Waals surface area contributed by atoms with Gasteiger partial charge in [-0.25, -0.2) is 0 Å². The zero-order valence-electron chi connectivity index (χ0n) is 19.1. The number of hydrogen-bond acceptors (Lipinski definition) is 4. The minimum Gasteiger partial charge on any atom is -0.459 e. The lowest BCUT2D eigenvalue weighted by atomic mass is 10.1. The van der Waals surface area contributed by atoms with Gasteiger partial charge < -0.3 is 19.5 Å². The van der Waals surface area contributed by atoms with Crippen molar-refractivity contribution >= 4 is 17.5 Å². The summed E-state index contributed by atoms with van der Waals surface area (Å²) in [7, 11) is 0. The largest absolute Gasteiger partial charge is 0.459 e. The van der Waals surface area contributed by atoms with E-state index >= 15 is 0 Å². The summed E-state index contributed by atoms with van der Waals surface area (Å²) in [6, 6.07) is 19.1. The molecule has 2 heterocycles. The van der Waals surface area contributed by atoms with E-state index < -0.39 is 0 Å². The molecule has 1 fully saturated rings. The third kappa shape index (κ3) is 6.33. The topological polar surface area (TPSA) is 65.8 Å². The van der Waals surface area contributed by atoms with Crippen LogP contribution in [0.2, 0.25) is 0 Å². The predicted octanol–water partition coefficient (Wildman–Crippen LogP) is 4.19. The van der Waals surface area contributed by atoms with E-state index in [9.17, 15) is 9.59 Å². The van der Waals surface area contributed by atoms with Crippen LogP contribution in [0.15, 0.2) is 71.3 Å². The van der Waals surface area contributed by atoms with Crippen LogP contribution in [0.4, 0.5) is 5.69 Å². The molecule has 172 valence electrons. The van der Waals surface area contributed by atoms with Crippen molar-refractivity contribution in [3.05, 3.63) is 89.4 Å². The van der Waals surface area contributed by atoms with Gasteiger partial charge in [-0.2, -0.15) is 0 Å². The number of anilines is 1. The molecule has 0 atom stereocenters. The van der Waals surface area contributed by atoms with E-state index in [1.165, 1.54) is 24.7 Å². The maximum Gasteiger partial charge on any atom is 0.294 e. The Balaban J connectivity index is 1.40. The summed E-state index contributed by atoms with van der Waals surface area (Å²) >= 11 is 0. The van der Waals surface area contributed by atoms with E-state index in [0.717, 1.165) is 36.4 Å². The second kappa shape index (κ2) is 11.0. The van der Waals surface area contributed by atoms with Gasteiger partial charge in [0.2, 0.25) is 5.91 Å². The summed E-state index contributed by atoms with van der Waals surface area (Å²) in [6.45, 7) is 6.32. The van der Waals surface area contributed by atoms with Crippen molar-refractivity contribution in [3.8, 4) is 0 Å². The van der Waals surface area contributed by atoms with E-state index in [-0.39, 0.29) is 11.8 Å². The number of benzene rings is 2. The molecule has 0 bridgehead atoms. The summed E-state index contributed by atoms with van der Waals surface area (Å²) in [4.78, 5) is 29.5. The zero-order chi connectivity index (χ0) is 23.0. The number of rotatable bonds is 9. The maximum absolute atomic E-state index is 13.1. The molecule has 6 heteroatoms. The Morgan fingerprint density at radius 1 is 0.970 bits per heavy atom. The second-order valence-corrected chi connectivity index (χ2v) is 8.60. The number of furan rings is 1. The molecule has 1 aliphatic rings. The summed E-state index contributed by atoms with van der Waals surface area (Å²) < 4.78 is 5.36. The van der Waals surface area contributed by atoms with Crippen LogP contribution in [-0.2, 0) is 17.8 Å². The van der Waals surface area contributed by atoms with Crippen LogP contribution in [0.5, 0.6) is 0 Å². The molecule has 3 aromatic rings. The molecule has 0 radical (unpaired) electrons. The number of likely N-dealkylation sites (tertiary alicyclic amines) is 1. The Kier molecular flexibility index (Phi) is 7.58. The molecule has 0 saturated carbocycles. The SMILES string of the molecule is Cc1ccc(CN(C(=O)c2ccco2)c2ccc(CC(=O)NCCN3CCCC3)cc2)cc1. The number of aryl methyl sites for hydroxylation is 1. The maximum atomic E-state index is 13.1. The molecular formula is C27H31N3O3. The standard InChI is InChI=1S/C27H31N3O3/c1-21-6-8-23(9-7-21)20-30(27(32)25-5-4-18-33-25)24-12-10-22(11-13-24)19-26(31)28-14-17-29-15-2-3-16-29/h4-13,18H,2-3,14-17,19-20H2,1H3,(H,28,31). The highest BCUT2D eigenvalue weighted by Crippen LogP contribution is 2.22. The molecule has 33 heavy (non-hydrogen) atoms. The third-order valence-electron chi connectivity index (χ3n) is 6.00. The minimum atomic E-state index is -0.201. The van der Waals surface area contributed by atoms with E-state index in [2.05, 4.69) is 10.2 Å². The fourth-order valence-corrected chi connectivity index (χ4v) is 4.09. The molecule has 0 aliphatic carbocycles. The lowest BCUT2D eigenvalue weighted by Gasteiger charge is -2.22. The number of amides is 2. The lowest BCUT2D eigenvalue weighted by Crippen LogP contribution is -2.34. The van der Waals surface area contributed by atoms with E-state index in [1.807, 2.05) is 55.5 Å². The van der Waals surface area contributed by atoms with Crippen molar-refractivity contribution in [1.82, 2.24) is 10.2 Å². The second-order valence-electron chi connectivity index (χ2n) is 8.60. The number of carbonyl (C=O) groups excluding carboxylic acids is 2. The Morgan fingerprint density at radius 2 is 1.67 bits per heavy atom.